The van der Waals surface area contributed by atoms with Crippen LogP contribution in [0.15, 0.2) is 17.3 Å². The first-order chi connectivity index (χ1) is 12.7. The molecule has 0 aromatic heterocycles. The molecule has 7 nitrogen and oxygen atoms in total. The Labute approximate surface area is 167 Å². The molecule has 0 aliphatic carbocycles. The van der Waals surface area contributed by atoms with Gasteiger partial charge in [-0.1, -0.05) is 37.0 Å². The van der Waals surface area contributed by atoms with Crippen LogP contribution in [0.25, 0.3) is 0 Å². The van der Waals surface area contributed by atoms with Gasteiger partial charge in [0.1, 0.15) is 10.8 Å². The zero-order valence-corrected chi connectivity index (χ0v) is 17.2. The lowest BCUT2D eigenvalue weighted by Gasteiger charge is -2.30. The van der Waals surface area contributed by atoms with Crippen molar-refractivity contribution in [1.29, 1.82) is 0 Å². The molecule has 0 bridgehead atoms. The van der Waals surface area contributed by atoms with E-state index in [9.17, 15) is 9.59 Å². The van der Waals surface area contributed by atoms with Gasteiger partial charge >= 0.3 is 12.0 Å². The Balaban J connectivity index is 2.58. The quantitative estimate of drug-likeness (QED) is 0.687. The number of rotatable bonds is 6. The number of amides is 2. The van der Waals surface area contributed by atoms with Crippen LogP contribution in [0.3, 0.4) is 0 Å². The molecule has 2 N–H and O–H groups in total. The maximum absolute atomic E-state index is 12.7. The molecule has 1 aromatic rings. The first kappa shape index (κ1) is 21.2. The number of esters is 1. The molecule has 1 aliphatic heterocycles. The Kier molecular flexibility index (Phi) is 6.84. The number of hydrogen-bond donors (Lipinski definition) is 2. The standard InChI is InChI=1S/C18H22Cl2N2O5/c1-8(2)7-27-17(23)12-9(3)21-18(24)22-14(12)10-6-11(19)16(26-5)13(20)15(10)25-4/h6,8,14H,7H2,1-5H3,(H2,21,22,24). The highest BCUT2D eigenvalue weighted by Crippen LogP contribution is 2.46. The summed E-state index contributed by atoms with van der Waals surface area (Å²) in [5, 5.41) is 5.65. The third-order valence-corrected chi connectivity index (χ3v) is 4.54. The van der Waals surface area contributed by atoms with E-state index in [1.165, 1.54) is 14.2 Å². The van der Waals surface area contributed by atoms with Gasteiger partial charge in [0.2, 0.25) is 0 Å². The van der Waals surface area contributed by atoms with E-state index in [4.69, 9.17) is 37.4 Å². The molecule has 0 spiro atoms. The Morgan fingerprint density at radius 1 is 1.22 bits per heavy atom. The van der Waals surface area contributed by atoms with E-state index in [1.807, 2.05) is 13.8 Å². The molecular formula is C18H22Cl2N2O5. The third kappa shape index (κ3) is 4.42. The molecule has 1 atom stereocenters. The van der Waals surface area contributed by atoms with Crippen molar-refractivity contribution in [2.75, 3.05) is 20.8 Å². The van der Waals surface area contributed by atoms with Crippen molar-refractivity contribution in [2.24, 2.45) is 5.92 Å². The van der Waals surface area contributed by atoms with Crippen molar-refractivity contribution in [3.63, 3.8) is 0 Å². The summed E-state index contributed by atoms with van der Waals surface area (Å²) < 4.78 is 16.0. The van der Waals surface area contributed by atoms with Gasteiger partial charge in [-0.2, -0.15) is 0 Å². The minimum Gasteiger partial charge on any atom is -0.495 e. The smallest absolute Gasteiger partial charge is 0.338 e. The normalized spacial score (nSPS) is 16.7. The Morgan fingerprint density at radius 3 is 2.41 bits per heavy atom. The number of urea groups is 1. The van der Waals surface area contributed by atoms with Crippen molar-refractivity contribution < 1.29 is 23.8 Å². The second-order valence-electron chi connectivity index (χ2n) is 6.39. The summed E-state index contributed by atoms with van der Waals surface area (Å²) in [6, 6.07) is 0.224. The third-order valence-electron chi connectivity index (χ3n) is 3.92. The number of allylic oxidation sites excluding steroid dienone is 1. The number of nitrogens with one attached hydrogen (secondary N) is 2. The summed E-state index contributed by atoms with van der Waals surface area (Å²) in [7, 11) is 2.85. The predicted molar refractivity (Wildman–Crippen MR) is 102 cm³/mol. The lowest BCUT2D eigenvalue weighted by atomic mass is 9.94. The van der Waals surface area contributed by atoms with E-state index in [0.29, 0.717) is 11.3 Å². The minimum absolute atomic E-state index is 0.142. The number of methoxy groups -OCH3 is 2. The van der Waals surface area contributed by atoms with Crippen LogP contribution in [0.4, 0.5) is 4.79 Å². The van der Waals surface area contributed by atoms with E-state index in [1.54, 1.807) is 13.0 Å². The lowest BCUT2D eigenvalue weighted by Crippen LogP contribution is -2.45. The van der Waals surface area contributed by atoms with Crippen molar-refractivity contribution in [3.05, 3.63) is 32.9 Å². The van der Waals surface area contributed by atoms with Gasteiger partial charge < -0.3 is 24.8 Å². The Hall–Kier alpha value is -2.12. The van der Waals surface area contributed by atoms with Crippen LogP contribution in [0.5, 0.6) is 11.5 Å². The molecule has 2 rings (SSSR count). The van der Waals surface area contributed by atoms with Crippen LogP contribution >= 0.6 is 23.2 Å². The van der Waals surface area contributed by atoms with Crippen LogP contribution < -0.4 is 20.1 Å². The number of carbonyl (C=O) groups excluding carboxylic acids is 2. The van der Waals surface area contributed by atoms with Crippen molar-refractivity contribution in [3.8, 4) is 11.5 Å². The van der Waals surface area contributed by atoms with Gasteiger partial charge in [0.15, 0.2) is 5.75 Å². The van der Waals surface area contributed by atoms with Crippen LogP contribution in [0.2, 0.25) is 10.0 Å². The molecular weight excluding hydrogens is 395 g/mol. The van der Waals surface area contributed by atoms with Gasteiger partial charge in [-0.25, -0.2) is 9.59 Å². The second-order valence-corrected chi connectivity index (χ2v) is 7.18. The monoisotopic (exact) mass is 416 g/mol. The maximum atomic E-state index is 12.7. The maximum Gasteiger partial charge on any atom is 0.338 e. The van der Waals surface area contributed by atoms with E-state index in [2.05, 4.69) is 10.6 Å². The SMILES string of the molecule is COc1c(Cl)cc(C2NC(=O)NC(C)=C2C(=O)OCC(C)C)c(OC)c1Cl. The number of ether oxygens (including phenoxy) is 3. The molecule has 0 saturated heterocycles. The fraction of sp³-hybridized carbons (Fsp3) is 0.444. The van der Waals surface area contributed by atoms with Gasteiger partial charge in [0.05, 0.1) is 37.5 Å². The zero-order chi connectivity index (χ0) is 20.3. The minimum atomic E-state index is -0.853. The molecule has 1 heterocycles. The first-order valence-electron chi connectivity index (χ1n) is 8.26. The second kappa shape index (κ2) is 8.71. The molecule has 0 fully saturated rings. The predicted octanol–water partition coefficient (Wildman–Crippen LogP) is 3.84. The molecule has 1 unspecified atom stereocenters. The Bertz CT molecular complexity index is 792. The number of benzene rings is 1. The fourth-order valence-electron chi connectivity index (χ4n) is 2.73. The highest BCUT2D eigenvalue weighted by Gasteiger charge is 2.35. The zero-order valence-electron chi connectivity index (χ0n) is 15.7. The average Bonchev–Trinajstić information content (AvgIpc) is 2.58. The van der Waals surface area contributed by atoms with Crippen LogP contribution in [0, 0.1) is 5.92 Å². The summed E-state index contributed by atoms with van der Waals surface area (Å²) in [5.74, 6) is 0.0959. The molecule has 0 saturated carbocycles. The summed E-state index contributed by atoms with van der Waals surface area (Å²) in [5.41, 5.74) is 1.03. The van der Waals surface area contributed by atoms with Crippen molar-refractivity contribution in [2.45, 2.75) is 26.8 Å². The van der Waals surface area contributed by atoms with Gasteiger partial charge in [0.25, 0.3) is 0 Å². The molecule has 1 aromatic carbocycles. The fourth-order valence-corrected chi connectivity index (χ4v) is 3.43. The van der Waals surface area contributed by atoms with Crippen molar-refractivity contribution in [1.82, 2.24) is 10.6 Å². The molecule has 27 heavy (non-hydrogen) atoms. The molecule has 9 heteroatoms. The molecule has 2 amide bonds. The van der Waals surface area contributed by atoms with Crippen LogP contribution in [-0.4, -0.2) is 32.8 Å². The van der Waals surface area contributed by atoms with Gasteiger partial charge in [-0.15, -0.1) is 0 Å². The average molecular weight is 417 g/mol. The Morgan fingerprint density at radius 2 is 1.85 bits per heavy atom. The molecule has 0 radical (unpaired) electrons. The van der Waals surface area contributed by atoms with E-state index in [0.717, 1.165) is 0 Å². The number of hydrogen-bond acceptors (Lipinski definition) is 5. The topological polar surface area (TPSA) is 85.9 Å². The summed E-state index contributed by atoms with van der Waals surface area (Å²) in [6.07, 6.45) is 0. The van der Waals surface area contributed by atoms with Crippen LogP contribution in [0.1, 0.15) is 32.4 Å². The van der Waals surface area contributed by atoms with Gasteiger partial charge in [-0.3, -0.25) is 0 Å². The highest BCUT2D eigenvalue weighted by molar-refractivity contribution is 6.38. The first-order valence-corrected chi connectivity index (χ1v) is 9.02. The van der Waals surface area contributed by atoms with Crippen molar-refractivity contribution >= 4 is 35.2 Å². The highest BCUT2D eigenvalue weighted by atomic mass is 35.5. The van der Waals surface area contributed by atoms with Crippen LogP contribution in [-0.2, 0) is 9.53 Å². The van der Waals surface area contributed by atoms with Gasteiger partial charge in [0, 0.05) is 11.3 Å². The summed E-state index contributed by atoms with van der Waals surface area (Å²) >= 11 is 12.6. The largest absolute Gasteiger partial charge is 0.495 e. The summed E-state index contributed by atoms with van der Waals surface area (Å²) in [6.45, 7) is 5.73. The molecule has 1 aliphatic rings. The summed E-state index contributed by atoms with van der Waals surface area (Å²) in [4.78, 5) is 24.7. The number of halogens is 2. The van der Waals surface area contributed by atoms with E-state index >= 15 is 0 Å². The molecule has 148 valence electrons. The van der Waals surface area contributed by atoms with Gasteiger partial charge in [-0.05, 0) is 18.9 Å². The lowest BCUT2D eigenvalue weighted by molar-refractivity contribution is -0.140. The van der Waals surface area contributed by atoms with E-state index in [-0.39, 0.29) is 39.6 Å². The van der Waals surface area contributed by atoms with E-state index < -0.39 is 18.0 Å². The number of carbonyl (C=O) groups is 2.